The van der Waals surface area contributed by atoms with Crippen molar-refractivity contribution in [3.8, 4) is 0 Å². The average molecular weight is 335 g/mol. The Morgan fingerprint density at radius 1 is 1.38 bits per heavy atom. The van der Waals surface area contributed by atoms with Crippen molar-refractivity contribution in [2.24, 2.45) is 12.0 Å². The van der Waals surface area contributed by atoms with E-state index in [0.29, 0.717) is 0 Å². The van der Waals surface area contributed by atoms with Crippen LogP contribution in [0.1, 0.15) is 24.8 Å². The summed E-state index contributed by atoms with van der Waals surface area (Å²) in [7, 11) is 3.80. The van der Waals surface area contributed by atoms with Crippen LogP contribution >= 0.6 is 0 Å². The molecule has 0 saturated carbocycles. The minimum absolute atomic E-state index is 0.162. The van der Waals surface area contributed by atoms with Gasteiger partial charge in [0.1, 0.15) is 6.10 Å². The second-order valence-corrected chi connectivity index (χ2v) is 6.51. The normalized spacial score (nSPS) is 25.2. The van der Waals surface area contributed by atoms with Gasteiger partial charge in [-0.25, -0.2) is 0 Å². The lowest BCUT2D eigenvalue weighted by atomic mass is 10.1. The van der Waals surface area contributed by atoms with Crippen LogP contribution < -0.4 is 5.32 Å². The number of nitrogens with one attached hydrogen (secondary N) is 1. The number of morpholine rings is 1. The summed E-state index contributed by atoms with van der Waals surface area (Å²) in [5.74, 6) is 0.965. The van der Waals surface area contributed by atoms with Crippen molar-refractivity contribution in [3.05, 3.63) is 18.0 Å². The molecule has 134 valence electrons. The van der Waals surface area contributed by atoms with E-state index in [1.54, 1.807) is 0 Å². The first-order valence-corrected chi connectivity index (χ1v) is 8.92. The van der Waals surface area contributed by atoms with Gasteiger partial charge in [0.25, 0.3) is 0 Å². The highest BCUT2D eigenvalue weighted by atomic mass is 16.5. The van der Waals surface area contributed by atoms with Crippen molar-refractivity contribution in [1.82, 2.24) is 20.0 Å². The lowest BCUT2D eigenvalue weighted by molar-refractivity contribution is -0.0816. The summed E-state index contributed by atoms with van der Waals surface area (Å²) >= 11 is 0. The standard InChI is InChI=1S/C17H29N5O2/c1-18-17(19-7-3-5-14-11-20-21(2)12-14)22-8-10-24-16(13-22)15-6-4-9-23-15/h11-12,15-16H,3-10,13H2,1-2H3,(H,18,19). The van der Waals surface area contributed by atoms with Crippen LogP contribution in [0, 0.1) is 0 Å². The van der Waals surface area contributed by atoms with E-state index in [-0.39, 0.29) is 12.2 Å². The van der Waals surface area contributed by atoms with Crippen molar-refractivity contribution >= 4 is 5.96 Å². The molecular weight excluding hydrogens is 306 g/mol. The molecule has 3 rings (SSSR count). The maximum atomic E-state index is 5.91. The minimum Gasteiger partial charge on any atom is -0.375 e. The largest absolute Gasteiger partial charge is 0.375 e. The summed E-state index contributed by atoms with van der Waals surface area (Å²) in [6, 6.07) is 0. The van der Waals surface area contributed by atoms with E-state index in [4.69, 9.17) is 9.47 Å². The quantitative estimate of drug-likeness (QED) is 0.490. The Kier molecular flexibility index (Phi) is 6.09. The zero-order valence-electron chi connectivity index (χ0n) is 14.8. The van der Waals surface area contributed by atoms with Crippen LogP contribution in [0.15, 0.2) is 17.4 Å². The Labute approximate surface area is 144 Å². The van der Waals surface area contributed by atoms with Crippen LogP contribution in [0.25, 0.3) is 0 Å². The highest BCUT2D eigenvalue weighted by Crippen LogP contribution is 2.21. The number of hydrogen-bond acceptors (Lipinski definition) is 4. The van der Waals surface area contributed by atoms with Gasteiger partial charge >= 0.3 is 0 Å². The molecule has 2 aliphatic heterocycles. The molecule has 1 N–H and O–H groups in total. The summed E-state index contributed by atoms with van der Waals surface area (Å²) in [5.41, 5.74) is 1.28. The Hall–Kier alpha value is -1.60. The molecule has 2 fully saturated rings. The second-order valence-electron chi connectivity index (χ2n) is 6.51. The Bertz CT molecular complexity index is 539. The first-order chi connectivity index (χ1) is 11.8. The highest BCUT2D eigenvalue weighted by Gasteiger charge is 2.32. The van der Waals surface area contributed by atoms with Crippen molar-refractivity contribution in [2.45, 2.75) is 37.9 Å². The number of aryl methyl sites for hydroxylation is 2. The van der Waals surface area contributed by atoms with Crippen molar-refractivity contribution in [1.29, 1.82) is 0 Å². The van der Waals surface area contributed by atoms with Gasteiger partial charge in [-0.3, -0.25) is 9.67 Å². The van der Waals surface area contributed by atoms with Crippen LogP contribution in [0.3, 0.4) is 0 Å². The fraction of sp³-hybridized carbons (Fsp3) is 0.765. The molecule has 2 unspecified atom stereocenters. The fourth-order valence-corrected chi connectivity index (χ4v) is 3.41. The average Bonchev–Trinajstić information content (AvgIpc) is 3.27. The molecule has 1 aromatic rings. The van der Waals surface area contributed by atoms with Crippen molar-refractivity contribution in [2.75, 3.05) is 39.9 Å². The number of ether oxygens (including phenoxy) is 2. The van der Waals surface area contributed by atoms with Gasteiger partial charge in [0.15, 0.2) is 5.96 Å². The molecule has 2 atom stereocenters. The molecule has 0 aromatic carbocycles. The summed E-state index contributed by atoms with van der Waals surface area (Å²) in [5, 5.41) is 7.68. The molecule has 0 aliphatic carbocycles. The maximum Gasteiger partial charge on any atom is 0.193 e. The van der Waals surface area contributed by atoms with Gasteiger partial charge in [0, 0.05) is 46.5 Å². The zero-order chi connectivity index (χ0) is 16.8. The molecule has 0 amide bonds. The SMILES string of the molecule is CN=C(NCCCc1cnn(C)c1)N1CCOC(C2CCCO2)C1. The van der Waals surface area contributed by atoms with Gasteiger partial charge in [0.2, 0.25) is 0 Å². The van der Waals surface area contributed by atoms with E-state index in [9.17, 15) is 0 Å². The number of guanidine groups is 1. The smallest absolute Gasteiger partial charge is 0.193 e. The maximum absolute atomic E-state index is 5.91. The number of aliphatic imine (C=N–C) groups is 1. The van der Waals surface area contributed by atoms with Crippen LogP contribution in [0.2, 0.25) is 0 Å². The highest BCUT2D eigenvalue weighted by molar-refractivity contribution is 5.80. The third kappa shape index (κ3) is 4.48. The molecule has 1 aromatic heterocycles. The van der Waals surface area contributed by atoms with Gasteiger partial charge < -0.3 is 19.7 Å². The lowest BCUT2D eigenvalue weighted by Crippen LogP contribution is -2.53. The minimum atomic E-state index is 0.162. The Balaban J connectivity index is 1.43. The van der Waals surface area contributed by atoms with E-state index in [2.05, 4.69) is 26.5 Å². The number of hydrogen-bond donors (Lipinski definition) is 1. The van der Waals surface area contributed by atoms with E-state index in [1.807, 2.05) is 25.0 Å². The molecule has 0 bridgehead atoms. The van der Waals surface area contributed by atoms with Gasteiger partial charge in [0.05, 0.1) is 18.9 Å². The second kappa shape index (κ2) is 8.48. The Morgan fingerprint density at radius 2 is 2.25 bits per heavy atom. The summed E-state index contributed by atoms with van der Waals surface area (Å²) in [6.07, 6.45) is 8.75. The van der Waals surface area contributed by atoms with Crippen LogP contribution in [-0.2, 0) is 22.9 Å². The first-order valence-electron chi connectivity index (χ1n) is 8.92. The molecule has 0 radical (unpaired) electrons. The van der Waals surface area contributed by atoms with Crippen LogP contribution in [0.4, 0.5) is 0 Å². The van der Waals surface area contributed by atoms with Crippen LogP contribution in [-0.4, -0.2) is 72.7 Å². The van der Waals surface area contributed by atoms with Gasteiger partial charge in [-0.1, -0.05) is 0 Å². The molecule has 24 heavy (non-hydrogen) atoms. The first kappa shape index (κ1) is 17.2. The summed E-state index contributed by atoms with van der Waals surface area (Å²) in [4.78, 5) is 6.73. The van der Waals surface area contributed by atoms with E-state index in [0.717, 1.165) is 64.5 Å². The van der Waals surface area contributed by atoms with Crippen molar-refractivity contribution < 1.29 is 9.47 Å². The molecule has 7 nitrogen and oxygen atoms in total. The Morgan fingerprint density at radius 3 is 2.96 bits per heavy atom. The van der Waals surface area contributed by atoms with E-state index in [1.165, 1.54) is 5.56 Å². The number of nitrogens with zero attached hydrogens (tertiary/aromatic N) is 4. The predicted molar refractivity (Wildman–Crippen MR) is 93.2 cm³/mol. The van der Waals surface area contributed by atoms with Gasteiger partial charge in [-0.15, -0.1) is 0 Å². The molecule has 2 aliphatic rings. The fourth-order valence-electron chi connectivity index (χ4n) is 3.41. The molecular formula is C17H29N5O2. The zero-order valence-corrected chi connectivity index (χ0v) is 14.8. The summed E-state index contributed by atoms with van der Waals surface area (Å²) < 4.78 is 13.5. The van der Waals surface area contributed by atoms with Crippen molar-refractivity contribution in [3.63, 3.8) is 0 Å². The summed E-state index contributed by atoms with van der Waals surface area (Å²) in [6.45, 7) is 4.24. The molecule has 7 heteroatoms. The number of aromatic nitrogens is 2. The predicted octanol–water partition coefficient (Wildman–Crippen LogP) is 0.808. The van der Waals surface area contributed by atoms with Gasteiger partial charge in [-0.05, 0) is 31.2 Å². The molecule has 2 saturated heterocycles. The van der Waals surface area contributed by atoms with Gasteiger partial charge in [-0.2, -0.15) is 5.10 Å². The lowest BCUT2D eigenvalue weighted by Gasteiger charge is -2.37. The monoisotopic (exact) mass is 335 g/mol. The topological polar surface area (TPSA) is 63.9 Å². The third-order valence-electron chi connectivity index (χ3n) is 4.67. The van der Waals surface area contributed by atoms with E-state index >= 15 is 0 Å². The van der Waals surface area contributed by atoms with Crippen LogP contribution in [0.5, 0.6) is 0 Å². The molecule has 3 heterocycles. The third-order valence-corrected chi connectivity index (χ3v) is 4.67. The molecule has 0 spiro atoms. The van der Waals surface area contributed by atoms with E-state index < -0.39 is 0 Å². The number of rotatable bonds is 5.